The zero-order chi connectivity index (χ0) is 19.7. The molecule has 26 heavy (non-hydrogen) atoms. The van der Waals surface area contributed by atoms with Crippen molar-refractivity contribution in [3.05, 3.63) is 70.5 Å². The first kappa shape index (κ1) is 19.5. The van der Waals surface area contributed by atoms with Crippen LogP contribution in [0.2, 0.25) is 0 Å². The third-order valence-corrected chi connectivity index (χ3v) is 3.40. The second-order valence-electron chi connectivity index (χ2n) is 5.23. The largest absolute Gasteiger partial charge is 0.419 e. The fourth-order valence-electron chi connectivity index (χ4n) is 2.15. The van der Waals surface area contributed by atoms with Crippen LogP contribution in [-0.2, 0) is 17.1 Å². The summed E-state index contributed by atoms with van der Waals surface area (Å²) in [6, 6.07) is 5.37. The number of nitrogens with two attached hydrogens (primary N) is 1. The minimum atomic E-state index is -4.95. The number of amides is 1. The maximum absolute atomic E-state index is 13.3. The lowest BCUT2D eigenvalue weighted by Gasteiger charge is -2.10. The molecule has 0 spiro atoms. The second kappa shape index (κ2) is 6.81. The van der Waals surface area contributed by atoms with Gasteiger partial charge in [0.05, 0.1) is 11.1 Å². The summed E-state index contributed by atoms with van der Waals surface area (Å²) in [6.07, 6.45) is -8.59. The Morgan fingerprint density at radius 2 is 1.46 bits per heavy atom. The molecule has 2 aromatic rings. The van der Waals surface area contributed by atoms with E-state index in [0.717, 1.165) is 24.3 Å². The van der Waals surface area contributed by atoms with E-state index in [9.17, 15) is 35.5 Å². The quantitative estimate of drug-likeness (QED) is 0.462. The van der Waals surface area contributed by atoms with Crippen molar-refractivity contribution in [3.63, 3.8) is 0 Å². The lowest BCUT2D eigenvalue weighted by atomic mass is 9.99. The summed E-state index contributed by atoms with van der Waals surface area (Å²) in [5, 5.41) is 0. The van der Waals surface area contributed by atoms with Crippen molar-refractivity contribution in [3.8, 4) is 0 Å². The van der Waals surface area contributed by atoms with Crippen LogP contribution in [0.4, 0.5) is 30.7 Å². The van der Waals surface area contributed by atoms with Gasteiger partial charge in [-0.05, 0) is 41.5 Å². The Labute approximate surface area is 142 Å². The van der Waals surface area contributed by atoms with Crippen molar-refractivity contribution in [2.45, 2.75) is 12.4 Å². The molecule has 0 saturated heterocycles. The summed E-state index contributed by atoms with van der Waals surface area (Å²) in [7, 11) is 0. The summed E-state index contributed by atoms with van der Waals surface area (Å²) in [6.45, 7) is 0. The van der Waals surface area contributed by atoms with Crippen molar-refractivity contribution in [2.75, 3.05) is 0 Å². The number of halogens is 7. The fraction of sp³-hybridized carbons (Fsp3) is 0.118. The maximum Gasteiger partial charge on any atom is 0.419 e. The Morgan fingerprint density at radius 3 is 1.92 bits per heavy atom. The number of alkyl halides is 6. The van der Waals surface area contributed by atoms with Crippen LogP contribution in [0.3, 0.4) is 0 Å². The second-order valence-corrected chi connectivity index (χ2v) is 5.23. The Hall–Kier alpha value is -2.84. The van der Waals surface area contributed by atoms with E-state index >= 15 is 0 Å². The Morgan fingerprint density at radius 1 is 0.885 bits per heavy atom. The van der Waals surface area contributed by atoms with Crippen molar-refractivity contribution in [1.29, 1.82) is 0 Å². The third-order valence-electron chi connectivity index (χ3n) is 3.40. The predicted octanol–water partition coefficient (Wildman–Crippen LogP) is 4.89. The summed E-state index contributed by atoms with van der Waals surface area (Å²) >= 11 is 0. The SMILES string of the molecule is NC(=O)/C(=C/c1ccc(F)c(C(F)(F)F)c1)c1ccc(C(F)(F)F)cc1. The van der Waals surface area contributed by atoms with E-state index in [0.29, 0.717) is 24.3 Å². The molecular formula is C17H10F7NO. The normalized spacial score (nSPS) is 13.0. The molecule has 0 aliphatic heterocycles. The highest BCUT2D eigenvalue weighted by Crippen LogP contribution is 2.33. The van der Waals surface area contributed by atoms with Gasteiger partial charge in [-0.25, -0.2) is 4.39 Å². The van der Waals surface area contributed by atoms with Crippen LogP contribution < -0.4 is 5.73 Å². The molecule has 0 atom stereocenters. The molecule has 0 aromatic heterocycles. The van der Waals surface area contributed by atoms with Crippen LogP contribution in [-0.4, -0.2) is 5.91 Å². The van der Waals surface area contributed by atoms with E-state index in [2.05, 4.69) is 0 Å². The van der Waals surface area contributed by atoms with Crippen molar-refractivity contribution in [1.82, 2.24) is 0 Å². The van der Waals surface area contributed by atoms with E-state index in [4.69, 9.17) is 5.73 Å². The lowest BCUT2D eigenvalue weighted by molar-refractivity contribution is -0.140. The Kier molecular flexibility index (Phi) is 5.11. The van der Waals surface area contributed by atoms with Gasteiger partial charge in [-0.2, -0.15) is 26.3 Å². The average Bonchev–Trinajstić information content (AvgIpc) is 2.52. The molecule has 1 amide bonds. The van der Waals surface area contributed by atoms with E-state index in [1.54, 1.807) is 0 Å². The number of primary amides is 1. The molecule has 138 valence electrons. The number of hydrogen-bond donors (Lipinski definition) is 1. The molecule has 0 aliphatic rings. The van der Waals surface area contributed by atoms with Crippen molar-refractivity contribution >= 4 is 17.6 Å². The van der Waals surface area contributed by atoms with Crippen LogP contribution in [0.1, 0.15) is 22.3 Å². The van der Waals surface area contributed by atoms with Crippen molar-refractivity contribution in [2.24, 2.45) is 5.73 Å². The van der Waals surface area contributed by atoms with Gasteiger partial charge in [-0.1, -0.05) is 18.2 Å². The first-order chi connectivity index (χ1) is 11.9. The summed E-state index contributed by atoms with van der Waals surface area (Å²) in [4.78, 5) is 11.6. The number of benzene rings is 2. The highest BCUT2D eigenvalue weighted by Gasteiger charge is 2.34. The van der Waals surface area contributed by atoms with Crippen molar-refractivity contribution < 1.29 is 35.5 Å². The first-order valence-electron chi connectivity index (χ1n) is 6.95. The third kappa shape index (κ3) is 4.41. The van der Waals surface area contributed by atoms with Crippen LogP contribution in [0.25, 0.3) is 11.6 Å². The number of carbonyl (C=O) groups excluding carboxylic acids is 1. The van der Waals surface area contributed by atoms with Gasteiger partial charge in [0.15, 0.2) is 0 Å². The molecule has 0 heterocycles. The molecule has 9 heteroatoms. The summed E-state index contributed by atoms with van der Waals surface area (Å²) < 4.78 is 89.3. The van der Waals surface area contributed by atoms with Gasteiger partial charge in [0, 0.05) is 5.57 Å². The molecule has 0 saturated carbocycles. The maximum atomic E-state index is 13.3. The predicted molar refractivity (Wildman–Crippen MR) is 79.9 cm³/mol. The van der Waals surface area contributed by atoms with E-state index in [-0.39, 0.29) is 16.7 Å². The zero-order valence-electron chi connectivity index (χ0n) is 12.8. The minimum absolute atomic E-state index is 0.0246. The molecule has 0 aliphatic carbocycles. The smallest absolute Gasteiger partial charge is 0.366 e. The van der Waals surface area contributed by atoms with Gasteiger partial charge >= 0.3 is 12.4 Å². The van der Waals surface area contributed by atoms with Gasteiger partial charge < -0.3 is 5.73 Å². The van der Waals surface area contributed by atoms with Crippen LogP contribution >= 0.6 is 0 Å². The molecule has 0 bridgehead atoms. The van der Waals surface area contributed by atoms with Gasteiger partial charge in [-0.3, -0.25) is 4.79 Å². The molecule has 2 N–H and O–H groups in total. The monoisotopic (exact) mass is 377 g/mol. The molecule has 2 aromatic carbocycles. The van der Waals surface area contributed by atoms with E-state index < -0.39 is 35.2 Å². The zero-order valence-corrected chi connectivity index (χ0v) is 12.8. The molecular weight excluding hydrogens is 367 g/mol. The standard InChI is InChI=1S/C17H10F7NO/c18-14-6-1-9(8-13(14)17(22,23)24)7-12(15(25)26)10-2-4-11(5-3-10)16(19,20)21/h1-8H,(H2,25,26)/b12-7+. The van der Waals surface area contributed by atoms with Crippen LogP contribution in [0.5, 0.6) is 0 Å². The summed E-state index contributed by atoms with van der Waals surface area (Å²) in [5.74, 6) is -2.56. The molecule has 2 nitrogen and oxygen atoms in total. The topological polar surface area (TPSA) is 43.1 Å². The Bertz CT molecular complexity index is 849. The molecule has 0 unspecified atom stereocenters. The van der Waals surface area contributed by atoms with Crippen LogP contribution in [0.15, 0.2) is 42.5 Å². The highest BCUT2D eigenvalue weighted by molar-refractivity contribution is 6.23. The van der Waals surface area contributed by atoms with Gasteiger partial charge in [-0.15, -0.1) is 0 Å². The lowest BCUT2D eigenvalue weighted by Crippen LogP contribution is -2.13. The number of rotatable bonds is 3. The van der Waals surface area contributed by atoms with Gasteiger partial charge in [0.25, 0.3) is 0 Å². The van der Waals surface area contributed by atoms with Gasteiger partial charge in [0.2, 0.25) is 5.91 Å². The number of carbonyl (C=O) groups is 1. The fourth-order valence-corrected chi connectivity index (χ4v) is 2.15. The summed E-state index contributed by atoms with van der Waals surface area (Å²) in [5.41, 5.74) is 2.13. The molecule has 2 rings (SSSR count). The van der Waals surface area contributed by atoms with Gasteiger partial charge in [0.1, 0.15) is 5.82 Å². The minimum Gasteiger partial charge on any atom is -0.366 e. The van der Waals surface area contributed by atoms with E-state index in [1.807, 2.05) is 0 Å². The average molecular weight is 377 g/mol. The Balaban J connectivity index is 2.50. The molecule has 0 radical (unpaired) electrons. The van der Waals surface area contributed by atoms with E-state index in [1.165, 1.54) is 0 Å². The number of hydrogen-bond acceptors (Lipinski definition) is 1. The highest BCUT2D eigenvalue weighted by atomic mass is 19.4. The first-order valence-corrected chi connectivity index (χ1v) is 6.95. The van der Waals surface area contributed by atoms with Crippen LogP contribution in [0, 0.1) is 5.82 Å². The molecule has 0 fully saturated rings.